The number of β-amino-alcohol motifs (C(OH)–C–C–N with tert-alkyl or cyclic N) is 1. The number of anilines is 2. The van der Waals surface area contributed by atoms with Crippen LogP contribution < -0.4 is 15.0 Å². The van der Waals surface area contributed by atoms with E-state index in [1.54, 1.807) is 24.4 Å². The first kappa shape index (κ1) is 23.7. The molecule has 0 atom stereocenters. The first-order chi connectivity index (χ1) is 16.3. The summed E-state index contributed by atoms with van der Waals surface area (Å²) in [5.74, 6) is 0.357. The fourth-order valence-electron chi connectivity index (χ4n) is 3.65. The van der Waals surface area contributed by atoms with Crippen LogP contribution in [0.15, 0.2) is 48.7 Å². The molecule has 0 bridgehead atoms. The largest absolute Gasteiger partial charge is 0.484 e. The minimum Gasteiger partial charge on any atom is -0.484 e. The number of carbonyl (C=O) groups excluding carboxylic acids is 1. The molecule has 0 unspecified atom stereocenters. The number of rotatable bonds is 7. The molecule has 1 saturated heterocycles. The van der Waals surface area contributed by atoms with Gasteiger partial charge in [-0.25, -0.2) is 9.97 Å². The van der Waals surface area contributed by atoms with Crippen molar-refractivity contribution in [1.29, 1.82) is 0 Å². The third kappa shape index (κ3) is 5.91. The monoisotopic (exact) mass is 475 g/mol. The van der Waals surface area contributed by atoms with Gasteiger partial charge >= 0.3 is 6.18 Å². The third-order valence-corrected chi connectivity index (χ3v) is 5.47. The molecule has 2 N–H and O–H groups in total. The number of hydrogen-bond donors (Lipinski definition) is 2. The van der Waals surface area contributed by atoms with E-state index >= 15 is 0 Å². The van der Waals surface area contributed by atoms with Gasteiger partial charge in [0, 0.05) is 50.0 Å². The Labute approximate surface area is 194 Å². The molecule has 1 aromatic heterocycles. The minimum atomic E-state index is -4.42. The molecule has 8 nitrogen and oxygen atoms in total. The summed E-state index contributed by atoms with van der Waals surface area (Å²) in [7, 11) is 0. The van der Waals surface area contributed by atoms with Gasteiger partial charge in [-0.1, -0.05) is 0 Å². The highest BCUT2D eigenvalue weighted by atomic mass is 19.4. The standard InChI is InChI=1S/C23H24F3N5O3/c24-23(25,26)17-1-4-19(5-2-17)34-15-21(33)28-18-3-6-20-16(13-18)14-27-22(29-20)31-9-7-30(8-10-31)11-12-32/h1-6,13-14,32H,7-12,15H2,(H,28,33). The van der Waals surface area contributed by atoms with Crippen molar-refractivity contribution < 1.29 is 27.8 Å². The van der Waals surface area contributed by atoms with Crippen LogP contribution in [0.2, 0.25) is 0 Å². The van der Waals surface area contributed by atoms with Crippen molar-refractivity contribution in [3.8, 4) is 5.75 Å². The number of carbonyl (C=O) groups is 1. The van der Waals surface area contributed by atoms with E-state index in [0.29, 0.717) is 18.2 Å². The van der Waals surface area contributed by atoms with E-state index in [4.69, 9.17) is 9.84 Å². The molecule has 180 valence electrons. The highest BCUT2D eigenvalue weighted by molar-refractivity contribution is 5.94. The van der Waals surface area contributed by atoms with Gasteiger partial charge in [0.05, 0.1) is 17.7 Å². The number of nitrogens with one attached hydrogen (secondary N) is 1. The fourth-order valence-corrected chi connectivity index (χ4v) is 3.65. The van der Waals surface area contributed by atoms with Gasteiger partial charge in [-0.3, -0.25) is 9.69 Å². The predicted octanol–water partition coefficient (Wildman–Crippen LogP) is 2.78. The molecule has 1 aliphatic rings. The van der Waals surface area contributed by atoms with Crippen LogP contribution >= 0.6 is 0 Å². The first-order valence-corrected chi connectivity index (χ1v) is 10.8. The molecule has 34 heavy (non-hydrogen) atoms. The van der Waals surface area contributed by atoms with Crippen LogP contribution in [-0.2, 0) is 11.0 Å². The topological polar surface area (TPSA) is 90.8 Å². The average Bonchev–Trinajstić information content (AvgIpc) is 2.83. The van der Waals surface area contributed by atoms with Crippen molar-refractivity contribution in [2.24, 2.45) is 0 Å². The average molecular weight is 475 g/mol. The number of ether oxygens (including phenoxy) is 1. The molecule has 1 amide bonds. The Morgan fingerprint density at radius 1 is 1.09 bits per heavy atom. The molecule has 1 fully saturated rings. The summed E-state index contributed by atoms with van der Waals surface area (Å²) in [5, 5.41) is 12.5. The molecular formula is C23H24F3N5O3. The summed E-state index contributed by atoms with van der Waals surface area (Å²) in [5.41, 5.74) is 0.485. The number of hydrogen-bond acceptors (Lipinski definition) is 7. The van der Waals surface area contributed by atoms with Gasteiger partial charge in [-0.05, 0) is 42.5 Å². The lowest BCUT2D eigenvalue weighted by Crippen LogP contribution is -2.47. The van der Waals surface area contributed by atoms with Crippen LogP contribution in [0.5, 0.6) is 5.75 Å². The minimum absolute atomic E-state index is 0.145. The SMILES string of the molecule is O=C(COc1ccc(C(F)(F)F)cc1)Nc1ccc2nc(N3CCN(CCO)CC3)ncc2c1. The lowest BCUT2D eigenvalue weighted by atomic mass is 10.2. The molecular weight excluding hydrogens is 451 g/mol. The van der Waals surface area contributed by atoms with Crippen LogP contribution in [0.3, 0.4) is 0 Å². The maximum Gasteiger partial charge on any atom is 0.416 e. The Balaban J connectivity index is 1.33. The quantitative estimate of drug-likeness (QED) is 0.543. The second-order valence-corrected chi connectivity index (χ2v) is 7.85. The van der Waals surface area contributed by atoms with Crippen LogP contribution in [0.1, 0.15) is 5.56 Å². The number of aliphatic hydroxyl groups is 1. The Morgan fingerprint density at radius 3 is 2.50 bits per heavy atom. The van der Waals surface area contributed by atoms with Gasteiger partial charge in [0.15, 0.2) is 6.61 Å². The number of amides is 1. The zero-order valence-corrected chi connectivity index (χ0v) is 18.3. The Morgan fingerprint density at radius 2 is 1.82 bits per heavy atom. The number of fused-ring (bicyclic) bond motifs is 1. The normalized spacial score (nSPS) is 14.9. The van der Waals surface area contributed by atoms with Crippen LogP contribution in [-0.4, -0.2) is 71.8 Å². The summed E-state index contributed by atoms with van der Waals surface area (Å²) < 4.78 is 43.1. The number of alkyl halides is 3. The fraction of sp³-hybridized carbons (Fsp3) is 0.348. The van der Waals surface area contributed by atoms with Crippen molar-refractivity contribution in [1.82, 2.24) is 14.9 Å². The molecule has 2 aromatic carbocycles. The lowest BCUT2D eigenvalue weighted by Gasteiger charge is -2.34. The Kier molecular flexibility index (Phi) is 7.13. The zero-order valence-electron chi connectivity index (χ0n) is 18.3. The van der Waals surface area contributed by atoms with Crippen molar-refractivity contribution in [2.75, 3.05) is 56.2 Å². The second-order valence-electron chi connectivity index (χ2n) is 7.85. The van der Waals surface area contributed by atoms with E-state index in [9.17, 15) is 18.0 Å². The molecule has 0 radical (unpaired) electrons. The summed E-state index contributed by atoms with van der Waals surface area (Å²) in [6.45, 7) is 3.68. The van der Waals surface area contributed by atoms with E-state index in [1.807, 2.05) is 0 Å². The molecule has 0 aliphatic carbocycles. The van der Waals surface area contributed by atoms with Crippen molar-refractivity contribution in [3.05, 3.63) is 54.2 Å². The van der Waals surface area contributed by atoms with E-state index in [1.165, 1.54) is 12.1 Å². The smallest absolute Gasteiger partial charge is 0.416 e. The third-order valence-electron chi connectivity index (χ3n) is 5.47. The molecule has 0 spiro atoms. The summed E-state index contributed by atoms with van der Waals surface area (Å²) in [6.07, 6.45) is -2.72. The number of nitrogens with zero attached hydrogens (tertiary/aromatic N) is 4. The van der Waals surface area contributed by atoms with Crippen LogP contribution in [0.25, 0.3) is 10.9 Å². The zero-order chi connectivity index (χ0) is 24.1. The van der Waals surface area contributed by atoms with E-state index in [0.717, 1.165) is 49.2 Å². The van der Waals surface area contributed by atoms with Gasteiger partial charge in [-0.2, -0.15) is 13.2 Å². The number of benzene rings is 2. The summed E-state index contributed by atoms with van der Waals surface area (Å²) in [4.78, 5) is 25.6. The van der Waals surface area contributed by atoms with Gasteiger partial charge < -0.3 is 20.1 Å². The number of piperazine rings is 1. The number of halogens is 3. The highest BCUT2D eigenvalue weighted by Gasteiger charge is 2.30. The molecule has 1 aliphatic heterocycles. The highest BCUT2D eigenvalue weighted by Crippen LogP contribution is 2.30. The molecule has 11 heteroatoms. The molecule has 0 saturated carbocycles. The predicted molar refractivity (Wildman–Crippen MR) is 121 cm³/mol. The lowest BCUT2D eigenvalue weighted by molar-refractivity contribution is -0.137. The number of aliphatic hydroxyl groups excluding tert-OH is 1. The van der Waals surface area contributed by atoms with Gasteiger partial charge in [0.25, 0.3) is 5.91 Å². The Hall–Kier alpha value is -3.44. The maximum atomic E-state index is 12.6. The first-order valence-electron chi connectivity index (χ1n) is 10.8. The van der Waals surface area contributed by atoms with Gasteiger partial charge in [-0.15, -0.1) is 0 Å². The summed E-state index contributed by atoms with van der Waals surface area (Å²) in [6, 6.07) is 9.40. The molecule has 3 aromatic rings. The van der Waals surface area contributed by atoms with Crippen LogP contribution in [0.4, 0.5) is 24.8 Å². The molecule has 2 heterocycles. The Bertz CT molecular complexity index is 1130. The van der Waals surface area contributed by atoms with Gasteiger partial charge in [0.2, 0.25) is 5.95 Å². The van der Waals surface area contributed by atoms with Crippen molar-refractivity contribution in [3.63, 3.8) is 0 Å². The van der Waals surface area contributed by atoms with E-state index in [2.05, 4.69) is 25.1 Å². The second kappa shape index (κ2) is 10.2. The van der Waals surface area contributed by atoms with E-state index < -0.39 is 17.6 Å². The van der Waals surface area contributed by atoms with E-state index in [-0.39, 0.29) is 19.0 Å². The maximum absolute atomic E-state index is 12.6. The number of aromatic nitrogens is 2. The van der Waals surface area contributed by atoms with Gasteiger partial charge in [0.1, 0.15) is 5.75 Å². The van der Waals surface area contributed by atoms with Crippen LogP contribution in [0, 0.1) is 0 Å². The molecule has 4 rings (SSSR count). The van der Waals surface area contributed by atoms with Crippen molar-refractivity contribution >= 4 is 28.4 Å². The summed E-state index contributed by atoms with van der Waals surface area (Å²) >= 11 is 0. The van der Waals surface area contributed by atoms with Crippen molar-refractivity contribution in [2.45, 2.75) is 6.18 Å².